The molecule has 2 aromatic carbocycles. The van der Waals surface area contributed by atoms with E-state index in [0.717, 1.165) is 27.7 Å². The minimum atomic E-state index is -0.226. The number of fused-ring (bicyclic) bond motifs is 1. The number of nitriles is 1. The maximum Gasteiger partial charge on any atom is 0.323 e. The SMILES string of the molecule is N#Cc1ccc(CNc2ncc(-c3ccc4[nH]c(=O)[nH]c4c3)cn2)cc1. The molecule has 2 aromatic heterocycles. The van der Waals surface area contributed by atoms with Crippen molar-refractivity contribution in [2.24, 2.45) is 0 Å². The van der Waals surface area contributed by atoms with Crippen LogP contribution >= 0.6 is 0 Å². The number of imidazole rings is 1. The third-order valence-electron chi connectivity index (χ3n) is 4.03. The smallest absolute Gasteiger partial charge is 0.323 e. The lowest BCUT2D eigenvalue weighted by Crippen LogP contribution is -2.03. The molecule has 0 bridgehead atoms. The van der Waals surface area contributed by atoms with E-state index in [1.165, 1.54) is 0 Å². The van der Waals surface area contributed by atoms with E-state index in [4.69, 9.17) is 5.26 Å². The van der Waals surface area contributed by atoms with E-state index in [0.29, 0.717) is 18.1 Å². The molecule has 0 saturated heterocycles. The fraction of sp³-hybridized carbons (Fsp3) is 0.0526. The second-order valence-corrected chi connectivity index (χ2v) is 5.80. The summed E-state index contributed by atoms with van der Waals surface area (Å²) >= 11 is 0. The molecule has 126 valence electrons. The highest BCUT2D eigenvalue weighted by Gasteiger charge is 2.04. The molecule has 0 unspecified atom stereocenters. The summed E-state index contributed by atoms with van der Waals surface area (Å²) in [4.78, 5) is 25.5. The molecule has 7 heteroatoms. The van der Waals surface area contributed by atoms with Crippen molar-refractivity contribution in [3.05, 3.63) is 76.5 Å². The Bertz CT molecular complexity index is 1150. The number of benzene rings is 2. The van der Waals surface area contributed by atoms with E-state index < -0.39 is 0 Å². The molecule has 4 aromatic rings. The first-order valence-corrected chi connectivity index (χ1v) is 7.99. The average Bonchev–Trinajstić information content (AvgIpc) is 3.06. The lowest BCUT2D eigenvalue weighted by Gasteiger charge is -2.06. The summed E-state index contributed by atoms with van der Waals surface area (Å²) in [6, 6.07) is 15.1. The topological polar surface area (TPSA) is 110 Å². The van der Waals surface area contributed by atoms with Crippen LogP contribution in [0.2, 0.25) is 0 Å². The molecule has 2 heterocycles. The maximum absolute atomic E-state index is 11.3. The molecule has 0 aliphatic carbocycles. The van der Waals surface area contributed by atoms with Crippen molar-refractivity contribution >= 4 is 17.0 Å². The van der Waals surface area contributed by atoms with Crippen LogP contribution in [0.15, 0.2) is 59.7 Å². The van der Waals surface area contributed by atoms with Gasteiger partial charge in [-0.05, 0) is 35.4 Å². The summed E-state index contributed by atoms with van der Waals surface area (Å²) in [6.07, 6.45) is 3.47. The molecule has 0 aliphatic rings. The number of aromatic nitrogens is 4. The Morgan fingerprint density at radius 3 is 2.42 bits per heavy atom. The normalized spacial score (nSPS) is 10.6. The minimum Gasteiger partial charge on any atom is -0.350 e. The molecule has 0 saturated carbocycles. The van der Waals surface area contributed by atoms with Crippen molar-refractivity contribution < 1.29 is 0 Å². The van der Waals surface area contributed by atoms with Crippen LogP contribution in [-0.4, -0.2) is 19.9 Å². The Balaban J connectivity index is 1.48. The Morgan fingerprint density at radius 2 is 1.69 bits per heavy atom. The molecule has 0 atom stereocenters. The average molecular weight is 342 g/mol. The third-order valence-corrected chi connectivity index (χ3v) is 4.03. The van der Waals surface area contributed by atoms with Gasteiger partial charge in [0.15, 0.2) is 0 Å². The molecule has 0 fully saturated rings. The van der Waals surface area contributed by atoms with Crippen LogP contribution in [0.5, 0.6) is 0 Å². The molecule has 0 aliphatic heterocycles. The van der Waals surface area contributed by atoms with Crippen LogP contribution < -0.4 is 11.0 Å². The number of rotatable bonds is 4. The third kappa shape index (κ3) is 3.16. The predicted molar refractivity (Wildman–Crippen MR) is 98.4 cm³/mol. The molecular weight excluding hydrogens is 328 g/mol. The van der Waals surface area contributed by atoms with Gasteiger partial charge in [-0.15, -0.1) is 0 Å². The van der Waals surface area contributed by atoms with Crippen LogP contribution in [0, 0.1) is 11.3 Å². The zero-order valence-corrected chi connectivity index (χ0v) is 13.7. The molecule has 26 heavy (non-hydrogen) atoms. The van der Waals surface area contributed by atoms with Crippen LogP contribution in [0.25, 0.3) is 22.2 Å². The van der Waals surface area contributed by atoms with Gasteiger partial charge in [0.1, 0.15) is 0 Å². The van der Waals surface area contributed by atoms with Gasteiger partial charge < -0.3 is 15.3 Å². The minimum absolute atomic E-state index is 0.226. The van der Waals surface area contributed by atoms with Crippen molar-refractivity contribution in [2.75, 3.05) is 5.32 Å². The monoisotopic (exact) mass is 342 g/mol. The van der Waals surface area contributed by atoms with Gasteiger partial charge in [0.25, 0.3) is 0 Å². The molecule has 0 amide bonds. The van der Waals surface area contributed by atoms with Gasteiger partial charge in [0.2, 0.25) is 5.95 Å². The number of hydrogen-bond acceptors (Lipinski definition) is 5. The standard InChI is InChI=1S/C19H14N6O/c20-8-12-1-3-13(4-2-12)9-21-18-22-10-15(11-23-18)14-5-6-16-17(7-14)25-19(26)24-16/h1-7,10-11H,9H2,(H,21,22,23)(H2,24,25,26). The van der Waals surface area contributed by atoms with Gasteiger partial charge in [-0.2, -0.15) is 5.26 Å². The van der Waals surface area contributed by atoms with E-state index in [-0.39, 0.29) is 5.69 Å². The summed E-state index contributed by atoms with van der Waals surface area (Å²) in [6.45, 7) is 0.571. The van der Waals surface area contributed by atoms with Gasteiger partial charge in [0, 0.05) is 24.5 Å². The van der Waals surface area contributed by atoms with Gasteiger partial charge >= 0.3 is 5.69 Å². The molecule has 3 N–H and O–H groups in total. The number of H-pyrrole nitrogens is 2. The highest BCUT2D eigenvalue weighted by atomic mass is 16.1. The second kappa shape index (κ2) is 6.53. The molecule has 0 spiro atoms. The van der Waals surface area contributed by atoms with Crippen LogP contribution in [-0.2, 0) is 6.54 Å². The van der Waals surface area contributed by atoms with Crippen molar-refractivity contribution in [1.29, 1.82) is 5.26 Å². The number of nitrogens with one attached hydrogen (secondary N) is 3. The lowest BCUT2D eigenvalue weighted by molar-refractivity contribution is 1.05. The second-order valence-electron chi connectivity index (χ2n) is 5.80. The summed E-state index contributed by atoms with van der Waals surface area (Å²) in [5, 5.41) is 12.0. The zero-order valence-electron chi connectivity index (χ0n) is 13.7. The summed E-state index contributed by atoms with van der Waals surface area (Å²) in [5.74, 6) is 0.522. The number of anilines is 1. The van der Waals surface area contributed by atoms with Crippen molar-refractivity contribution in [1.82, 2.24) is 19.9 Å². The molecule has 0 radical (unpaired) electrons. The van der Waals surface area contributed by atoms with Crippen molar-refractivity contribution in [2.45, 2.75) is 6.54 Å². The van der Waals surface area contributed by atoms with E-state index in [1.54, 1.807) is 24.5 Å². The quantitative estimate of drug-likeness (QED) is 0.528. The Kier molecular flexibility index (Phi) is 3.92. The zero-order chi connectivity index (χ0) is 17.9. The Morgan fingerprint density at radius 1 is 0.962 bits per heavy atom. The summed E-state index contributed by atoms with van der Waals surface area (Å²) < 4.78 is 0. The Labute approximate surface area is 148 Å². The van der Waals surface area contributed by atoms with Gasteiger partial charge in [-0.25, -0.2) is 14.8 Å². The molecule has 7 nitrogen and oxygen atoms in total. The number of hydrogen-bond donors (Lipinski definition) is 3. The number of nitrogens with zero attached hydrogens (tertiary/aromatic N) is 3. The van der Waals surface area contributed by atoms with Gasteiger partial charge in [-0.3, -0.25) is 0 Å². The molecule has 4 rings (SSSR count). The summed E-state index contributed by atoms with van der Waals surface area (Å²) in [5.41, 5.74) is 4.74. The fourth-order valence-electron chi connectivity index (χ4n) is 2.66. The van der Waals surface area contributed by atoms with Crippen molar-refractivity contribution in [3.63, 3.8) is 0 Å². The first-order chi connectivity index (χ1) is 12.7. The highest BCUT2D eigenvalue weighted by molar-refractivity contribution is 5.81. The van der Waals surface area contributed by atoms with Crippen molar-refractivity contribution in [3.8, 4) is 17.2 Å². The largest absolute Gasteiger partial charge is 0.350 e. The number of aromatic amines is 2. The first kappa shape index (κ1) is 15.6. The van der Waals surface area contributed by atoms with Gasteiger partial charge in [-0.1, -0.05) is 18.2 Å². The lowest BCUT2D eigenvalue weighted by atomic mass is 10.1. The predicted octanol–water partition coefficient (Wildman–Crippen LogP) is 2.80. The van der Waals surface area contributed by atoms with E-state index in [1.807, 2.05) is 30.3 Å². The highest BCUT2D eigenvalue weighted by Crippen LogP contribution is 2.21. The Hall–Kier alpha value is -3.92. The van der Waals surface area contributed by atoms with Crippen LogP contribution in [0.1, 0.15) is 11.1 Å². The van der Waals surface area contributed by atoms with E-state index in [9.17, 15) is 4.79 Å². The van der Waals surface area contributed by atoms with Crippen LogP contribution in [0.3, 0.4) is 0 Å². The summed E-state index contributed by atoms with van der Waals surface area (Å²) in [7, 11) is 0. The van der Waals surface area contributed by atoms with Gasteiger partial charge in [0.05, 0.1) is 22.7 Å². The molecular formula is C19H14N6O. The van der Waals surface area contributed by atoms with E-state index in [2.05, 4.69) is 31.3 Å². The fourth-order valence-corrected chi connectivity index (χ4v) is 2.66. The maximum atomic E-state index is 11.3. The first-order valence-electron chi connectivity index (χ1n) is 7.99. The van der Waals surface area contributed by atoms with E-state index >= 15 is 0 Å². The van der Waals surface area contributed by atoms with Crippen LogP contribution in [0.4, 0.5) is 5.95 Å².